The van der Waals surface area contributed by atoms with Crippen LogP contribution in [-0.2, 0) is 4.79 Å². The number of nitrogens with one attached hydrogen (secondary N) is 2. The van der Waals surface area contributed by atoms with Crippen LogP contribution in [0.3, 0.4) is 0 Å². The summed E-state index contributed by atoms with van der Waals surface area (Å²) >= 11 is 0. The second kappa shape index (κ2) is 5.04. The summed E-state index contributed by atoms with van der Waals surface area (Å²) < 4.78 is 5.11. The number of benzene rings is 1. The van der Waals surface area contributed by atoms with Gasteiger partial charge in [-0.25, -0.2) is 4.79 Å². The molecule has 104 valence electrons. The average Bonchev–Trinajstić information content (AvgIpc) is 2.36. The molecule has 1 aromatic carbocycles. The highest BCUT2D eigenvalue weighted by molar-refractivity contribution is 5.96. The second-order valence-corrected chi connectivity index (χ2v) is 4.13. The van der Waals surface area contributed by atoms with Gasteiger partial charge >= 0.3 is 5.97 Å². The van der Waals surface area contributed by atoms with Crippen LogP contribution in [0.25, 0.3) is 10.9 Å². The summed E-state index contributed by atoms with van der Waals surface area (Å²) in [6.07, 6.45) is 0. The molecule has 0 atom stereocenters. The maximum atomic E-state index is 12.0. The molecular weight excluding hydrogens is 264 g/mol. The average molecular weight is 276 g/mol. The molecule has 0 aliphatic carbocycles. The van der Waals surface area contributed by atoms with E-state index in [9.17, 15) is 14.4 Å². The molecule has 0 aliphatic rings. The van der Waals surface area contributed by atoms with Gasteiger partial charge in [-0.1, -0.05) is 0 Å². The maximum absolute atomic E-state index is 12.0. The number of carboxylic acid groups (broad SMARTS) is 1. The van der Waals surface area contributed by atoms with E-state index < -0.39 is 11.4 Å². The first-order chi connectivity index (χ1) is 9.42. The predicted molar refractivity (Wildman–Crippen MR) is 72.4 cm³/mol. The van der Waals surface area contributed by atoms with Crippen LogP contribution in [0.5, 0.6) is 5.75 Å². The molecule has 0 radical (unpaired) electrons. The minimum atomic E-state index is -1.24. The zero-order valence-electron chi connectivity index (χ0n) is 10.8. The Hall–Kier alpha value is -2.83. The summed E-state index contributed by atoms with van der Waals surface area (Å²) in [6.45, 7) is 1.34. The number of amides is 1. The fraction of sp³-hybridized carbons (Fsp3) is 0.154. The van der Waals surface area contributed by atoms with Crippen LogP contribution < -0.4 is 15.5 Å². The lowest BCUT2D eigenvalue weighted by Gasteiger charge is -2.09. The van der Waals surface area contributed by atoms with Crippen molar-refractivity contribution in [2.45, 2.75) is 6.92 Å². The normalized spacial score (nSPS) is 10.3. The predicted octanol–water partition coefficient (Wildman–Crippen LogP) is 1.19. The maximum Gasteiger partial charge on any atom is 0.352 e. The molecule has 0 spiro atoms. The van der Waals surface area contributed by atoms with Gasteiger partial charge in [-0.2, -0.15) is 0 Å². The molecule has 7 nitrogen and oxygen atoms in total. The first kappa shape index (κ1) is 13.6. The number of carboxylic acids is 1. The van der Waals surface area contributed by atoms with Crippen molar-refractivity contribution >= 4 is 28.5 Å². The monoisotopic (exact) mass is 276 g/mol. The molecule has 0 bridgehead atoms. The molecule has 1 aromatic heterocycles. The van der Waals surface area contributed by atoms with Crippen molar-refractivity contribution in [2.24, 2.45) is 0 Å². The number of ether oxygens (including phenoxy) is 1. The Kier molecular flexibility index (Phi) is 3.43. The van der Waals surface area contributed by atoms with Crippen LogP contribution in [-0.4, -0.2) is 29.1 Å². The van der Waals surface area contributed by atoms with Crippen LogP contribution in [0.15, 0.2) is 23.0 Å². The van der Waals surface area contributed by atoms with Crippen molar-refractivity contribution < 1.29 is 19.4 Å². The van der Waals surface area contributed by atoms with Crippen molar-refractivity contribution in [1.29, 1.82) is 0 Å². The third kappa shape index (κ3) is 2.46. The van der Waals surface area contributed by atoms with Gasteiger partial charge < -0.3 is 20.1 Å². The third-order valence-electron chi connectivity index (χ3n) is 2.66. The van der Waals surface area contributed by atoms with Crippen molar-refractivity contribution in [2.75, 3.05) is 12.4 Å². The van der Waals surface area contributed by atoms with Crippen LogP contribution in [0.4, 0.5) is 5.69 Å². The van der Waals surface area contributed by atoms with E-state index >= 15 is 0 Å². The number of fused-ring (bicyclic) bond motifs is 1. The first-order valence-corrected chi connectivity index (χ1v) is 5.68. The SMILES string of the molecule is COc1cc(NC(C)=O)cc2[nH]c(C(=O)O)cc(=O)c12. The summed E-state index contributed by atoms with van der Waals surface area (Å²) in [6, 6.07) is 3.97. The van der Waals surface area contributed by atoms with Gasteiger partial charge in [0.25, 0.3) is 0 Å². The highest BCUT2D eigenvalue weighted by Crippen LogP contribution is 2.26. The molecule has 0 aliphatic heterocycles. The van der Waals surface area contributed by atoms with Gasteiger partial charge in [0.15, 0.2) is 5.43 Å². The van der Waals surface area contributed by atoms with Gasteiger partial charge in [-0.05, 0) is 6.07 Å². The standard InChI is InChI=1S/C13H12N2O5/c1-6(16)14-7-3-8-12(11(4-7)20-2)10(17)5-9(15-8)13(18)19/h3-5H,1-2H3,(H,14,16)(H,15,17)(H,18,19). The molecule has 7 heteroatoms. The molecule has 2 rings (SSSR count). The highest BCUT2D eigenvalue weighted by Gasteiger charge is 2.13. The topological polar surface area (TPSA) is 108 Å². The Bertz CT molecular complexity index is 763. The van der Waals surface area contributed by atoms with Gasteiger partial charge in [0.05, 0.1) is 18.0 Å². The largest absolute Gasteiger partial charge is 0.496 e. The zero-order chi connectivity index (χ0) is 14.9. The van der Waals surface area contributed by atoms with E-state index in [2.05, 4.69) is 10.3 Å². The van der Waals surface area contributed by atoms with Crippen LogP contribution in [0, 0.1) is 0 Å². The molecule has 0 fully saturated rings. The van der Waals surface area contributed by atoms with E-state index in [1.165, 1.54) is 26.2 Å². The van der Waals surface area contributed by atoms with Gasteiger partial charge in [-0.3, -0.25) is 9.59 Å². The number of carbonyl (C=O) groups is 2. The molecule has 2 aromatic rings. The number of carbonyl (C=O) groups excluding carboxylic acids is 1. The minimum absolute atomic E-state index is 0.228. The third-order valence-corrected chi connectivity index (χ3v) is 2.66. The first-order valence-electron chi connectivity index (χ1n) is 5.68. The number of anilines is 1. The van der Waals surface area contributed by atoms with Gasteiger partial charge in [0.1, 0.15) is 11.4 Å². The summed E-state index contributed by atoms with van der Waals surface area (Å²) in [5.74, 6) is -1.28. The van der Waals surface area contributed by atoms with E-state index in [1.807, 2.05) is 0 Å². The van der Waals surface area contributed by atoms with Gasteiger partial charge in [-0.15, -0.1) is 0 Å². The number of pyridine rings is 1. The van der Waals surface area contributed by atoms with Crippen molar-refractivity contribution in [3.63, 3.8) is 0 Å². The molecule has 1 heterocycles. The number of aromatic nitrogens is 1. The lowest BCUT2D eigenvalue weighted by Crippen LogP contribution is -2.12. The highest BCUT2D eigenvalue weighted by atomic mass is 16.5. The van der Waals surface area contributed by atoms with Crippen molar-refractivity contribution in [3.05, 3.63) is 34.1 Å². The Balaban J connectivity index is 2.77. The minimum Gasteiger partial charge on any atom is -0.496 e. The van der Waals surface area contributed by atoms with Crippen LogP contribution >= 0.6 is 0 Å². The number of aromatic amines is 1. The molecular formula is C13H12N2O5. The molecule has 1 amide bonds. The summed E-state index contributed by atoms with van der Waals surface area (Å²) in [5.41, 5.74) is -0.0232. The van der Waals surface area contributed by atoms with E-state index in [0.717, 1.165) is 6.07 Å². The Labute approximate surface area is 113 Å². The number of hydrogen-bond donors (Lipinski definition) is 3. The fourth-order valence-corrected chi connectivity index (χ4v) is 1.90. The Morgan fingerprint density at radius 3 is 2.55 bits per heavy atom. The summed E-state index contributed by atoms with van der Waals surface area (Å²) in [5, 5.41) is 11.7. The Morgan fingerprint density at radius 2 is 2.00 bits per heavy atom. The molecule has 0 saturated carbocycles. The Morgan fingerprint density at radius 1 is 1.30 bits per heavy atom. The van der Waals surface area contributed by atoms with E-state index in [0.29, 0.717) is 5.69 Å². The van der Waals surface area contributed by atoms with E-state index in [1.54, 1.807) is 0 Å². The molecule has 0 saturated heterocycles. The quantitative estimate of drug-likeness (QED) is 0.780. The number of methoxy groups -OCH3 is 1. The lowest BCUT2D eigenvalue weighted by molar-refractivity contribution is -0.114. The van der Waals surface area contributed by atoms with Gasteiger partial charge in [0, 0.05) is 24.7 Å². The van der Waals surface area contributed by atoms with Crippen LogP contribution in [0.1, 0.15) is 17.4 Å². The van der Waals surface area contributed by atoms with E-state index in [-0.39, 0.29) is 28.3 Å². The number of rotatable bonds is 3. The summed E-state index contributed by atoms with van der Waals surface area (Å²) in [4.78, 5) is 36.6. The second-order valence-electron chi connectivity index (χ2n) is 4.13. The summed E-state index contributed by atoms with van der Waals surface area (Å²) in [7, 11) is 1.39. The lowest BCUT2D eigenvalue weighted by atomic mass is 10.1. The van der Waals surface area contributed by atoms with Gasteiger partial charge in [0.2, 0.25) is 5.91 Å². The van der Waals surface area contributed by atoms with E-state index in [4.69, 9.17) is 9.84 Å². The van der Waals surface area contributed by atoms with Crippen molar-refractivity contribution in [3.8, 4) is 5.75 Å². The molecule has 0 unspecified atom stereocenters. The van der Waals surface area contributed by atoms with Crippen molar-refractivity contribution in [1.82, 2.24) is 4.98 Å². The molecule has 20 heavy (non-hydrogen) atoms. The molecule has 3 N–H and O–H groups in total. The smallest absolute Gasteiger partial charge is 0.352 e. The van der Waals surface area contributed by atoms with Crippen LogP contribution in [0.2, 0.25) is 0 Å². The zero-order valence-corrected chi connectivity index (χ0v) is 10.8. The fourth-order valence-electron chi connectivity index (χ4n) is 1.90. The number of aromatic carboxylic acids is 1. The number of H-pyrrole nitrogens is 1. The number of hydrogen-bond acceptors (Lipinski definition) is 4.